The fourth-order valence-corrected chi connectivity index (χ4v) is 20.1. The van der Waals surface area contributed by atoms with Crippen molar-refractivity contribution in [1.29, 1.82) is 0 Å². The van der Waals surface area contributed by atoms with E-state index in [-0.39, 0.29) is 0 Å². The Labute approximate surface area is 442 Å². The molecule has 0 fully saturated rings. The molecule has 0 aromatic heterocycles. The van der Waals surface area contributed by atoms with Gasteiger partial charge < -0.3 is 13.7 Å². The van der Waals surface area contributed by atoms with Crippen LogP contribution in [0.2, 0.25) is 0 Å². The van der Waals surface area contributed by atoms with Gasteiger partial charge in [0.05, 0.1) is 0 Å². The van der Waals surface area contributed by atoms with Crippen LogP contribution in [0.5, 0.6) is 0 Å². The van der Waals surface area contributed by atoms with Crippen molar-refractivity contribution in [3.05, 3.63) is 292 Å². The van der Waals surface area contributed by atoms with Gasteiger partial charge in [0.15, 0.2) is 32.0 Å². The third kappa shape index (κ3) is 12.0. The summed E-state index contributed by atoms with van der Waals surface area (Å²) in [4.78, 5) is 0. The third-order valence-electron chi connectivity index (χ3n) is 11.5. The number of benzene rings is 10. The van der Waals surface area contributed by atoms with Crippen LogP contribution >= 0.6 is 77.0 Å². The van der Waals surface area contributed by atoms with E-state index in [0.29, 0.717) is 47.7 Å². The van der Waals surface area contributed by atoms with Crippen LogP contribution in [0.3, 0.4) is 0 Å². The Morgan fingerprint density at radius 1 is 0.239 bits per heavy atom. The lowest BCUT2D eigenvalue weighted by Gasteiger charge is -2.27. The lowest BCUT2D eigenvalue weighted by Crippen LogP contribution is -2.36. The minimum absolute atomic E-state index is 0.478. The normalized spacial score (nSPS) is 11.3. The molecule has 10 rings (SSSR count). The van der Waals surface area contributed by atoms with Gasteiger partial charge in [-0.15, -0.1) is 0 Å². The summed E-state index contributed by atoms with van der Waals surface area (Å²) in [5, 5.41) is 7.05. The molecule has 0 aliphatic carbocycles. The number of rotatable bonds is 11. The Hall–Kier alpha value is -5.57. The van der Waals surface area contributed by atoms with Crippen LogP contribution in [-0.2, 0) is 18.3 Å². The minimum atomic E-state index is -3.58. The van der Waals surface area contributed by atoms with E-state index in [1.165, 1.54) is 0 Å². The quantitative estimate of drug-likeness (QED) is 0.121. The van der Waals surface area contributed by atoms with Crippen molar-refractivity contribution in [3.8, 4) is 0 Å². The van der Waals surface area contributed by atoms with E-state index >= 15 is 13.7 Å². The monoisotopic (exact) mass is 1190 g/mol. The lowest BCUT2D eigenvalue weighted by atomic mass is 10.3. The van der Waals surface area contributed by atoms with Crippen LogP contribution in [0.1, 0.15) is 0 Å². The smallest absolute Gasteiger partial charge is 0.309 e. The van der Waals surface area contributed by atoms with E-state index in [0.717, 1.165) is 24.0 Å². The van der Waals surface area contributed by atoms with Crippen molar-refractivity contribution in [1.82, 2.24) is 0 Å². The van der Waals surface area contributed by atoms with E-state index in [9.17, 15) is 4.57 Å². The standard InChI is InChI=1S/C42H33O3P3.C12H10OP.C6H3Br3/c43-46(34-19-7-1-8-20-34,35-21-9-2-10-22-35)40-31-41(47(44,36-23-11-3-12-24-36)37-25-13-4-14-26-37)33-42(32-40)48(45,38-27-15-5-16-28-38)39-29-17-6-18-30-39;13-14(11-7-3-1-4-8-11)12-9-5-2-6-10-12;7-4-1-5(8)3-6(9)2-4/h1-33H;1-10H;1-3H/q;+1;. The summed E-state index contributed by atoms with van der Waals surface area (Å²) in [5.74, 6) is 0. The first-order valence-electron chi connectivity index (χ1n) is 22.5. The maximum atomic E-state index is 15.9. The highest BCUT2D eigenvalue weighted by atomic mass is 79.9. The molecule has 0 N–H and O–H groups in total. The fraction of sp³-hybridized carbons (Fsp3) is 0. The summed E-state index contributed by atoms with van der Waals surface area (Å²) in [7, 11) is -12.2. The first-order valence-corrected chi connectivity index (χ1v) is 31.3. The number of halogens is 3. The molecule has 0 unspecified atom stereocenters. The largest absolute Gasteiger partial charge is 0.415 e. The van der Waals surface area contributed by atoms with E-state index in [4.69, 9.17) is 0 Å². The first-order chi connectivity index (χ1) is 34.5. The van der Waals surface area contributed by atoms with E-state index in [2.05, 4.69) is 47.8 Å². The molecule has 0 aliphatic heterocycles. The highest BCUT2D eigenvalue weighted by Crippen LogP contribution is 2.49. The average molecular weight is 1190 g/mol. The second kappa shape index (κ2) is 24.2. The van der Waals surface area contributed by atoms with Gasteiger partial charge in [0.1, 0.15) is 0 Å². The lowest BCUT2D eigenvalue weighted by molar-refractivity contribution is 0.592. The van der Waals surface area contributed by atoms with Gasteiger partial charge in [0.25, 0.3) is 0 Å². The van der Waals surface area contributed by atoms with Crippen molar-refractivity contribution < 1.29 is 18.3 Å². The molecule has 0 saturated carbocycles. The van der Waals surface area contributed by atoms with Crippen molar-refractivity contribution in [2.24, 2.45) is 0 Å². The Bertz CT molecular complexity index is 2990. The molecule has 0 heterocycles. The second-order valence-corrected chi connectivity index (χ2v) is 28.8. The molecule has 0 atom stereocenters. The Kier molecular flexibility index (Phi) is 17.7. The van der Waals surface area contributed by atoms with Gasteiger partial charge in [-0.3, -0.25) is 0 Å². The molecular weight excluding hydrogens is 1150 g/mol. The number of hydrogen-bond donors (Lipinski definition) is 0. The molecule has 10 aromatic carbocycles. The molecule has 0 amide bonds. The van der Waals surface area contributed by atoms with Crippen LogP contribution in [0.25, 0.3) is 0 Å². The molecule has 4 nitrogen and oxygen atoms in total. The molecule has 0 bridgehead atoms. The van der Waals surface area contributed by atoms with Gasteiger partial charge in [-0.1, -0.05) is 271 Å². The topological polar surface area (TPSA) is 68.3 Å². The molecule has 0 saturated heterocycles. The van der Waals surface area contributed by atoms with Gasteiger partial charge in [0.2, 0.25) is 0 Å². The zero-order chi connectivity index (χ0) is 49.7. The van der Waals surface area contributed by atoms with Crippen molar-refractivity contribution >= 4 is 135 Å². The van der Waals surface area contributed by atoms with Gasteiger partial charge in [-0.05, 0) is 60.7 Å². The molecular formula is C60H46Br3O4P4+. The van der Waals surface area contributed by atoms with Crippen LogP contribution in [-0.4, -0.2) is 0 Å². The highest BCUT2D eigenvalue weighted by Gasteiger charge is 2.39. The minimum Gasteiger partial charge on any atom is -0.309 e. The van der Waals surface area contributed by atoms with E-state index in [1.54, 1.807) is 0 Å². The first kappa shape index (κ1) is 51.8. The third-order valence-corrected chi connectivity index (χ3v) is 23.5. The Morgan fingerprint density at radius 2 is 0.408 bits per heavy atom. The average Bonchev–Trinajstić information content (AvgIpc) is 3.44. The van der Waals surface area contributed by atoms with Crippen LogP contribution < -0.4 is 58.3 Å². The van der Waals surface area contributed by atoms with E-state index in [1.807, 2.05) is 279 Å². The second-order valence-electron chi connectivity index (χ2n) is 16.1. The Morgan fingerprint density at radius 3 is 0.592 bits per heavy atom. The predicted molar refractivity (Wildman–Crippen MR) is 314 cm³/mol. The Balaban J connectivity index is 0.000000239. The van der Waals surface area contributed by atoms with E-state index < -0.39 is 29.2 Å². The predicted octanol–water partition coefficient (Wildman–Crippen LogP) is 13.0. The highest BCUT2D eigenvalue weighted by molar-refractivity contribution is 9.11. The van der Waals surface area contributed by atoms with Crippen molar-refractivity contribution in [2.45, 2.75) is 0 Å². The van der Waals surface area contributed by atoms with Gasteiger partial charge >= 0.3 is 7.80 Å². The molecule has 0 radical (unpaired) electrons. The summed E-state index contributed by atoms with van der Waals surface area (Å²) >= 11 is 10.1. The summed E-state index contributed by atoms with van der Waals surface area (Å²) < 4.78 is 63.0. The SMILES string of the molecule is Brc1cc(Br)cc(Br)c1.O=P(c1ccccc1)(c1ccccc1)c1cc(P(=O)(c2ccccc2)c2ccccc2)cc(P(=O)(c2ccccc2)c2ccccc2)c1.O=[P+](c1ccccc1)c1ccccc1. The summed E-state index contributed by atoms with van der Waals surface area (Å²) in [5.41, 5.74) is 0. The van der Waals surface area contributed by atoms with Crippen LogP contribution in [0, 0.1) is 0 Å². The molecule has 350 valence electrons. The zero-order valence-corrected chi connectivity index (χ0v) is 46.4. The van der Waals surface area contributed by atoms with Crippen LogP contribution in [0.15, 0.2) is 292 Å². The van der Waals surface area contributed by atoms with Crippen molar-refractivity contribution in [3.63, 3.8) is 0 Å². The zero-order valence-electron chi connectivity index (χ0n) is 38.1. The maximum Gasteiger partial charge on any atom is 0.415 e. The number of hydrogen-bond acceptors (Lipinski definition) is 4. The molecule has 0 spiro atoms. The summed E-state index contributed by atoms with van der Waals surface area (Å²) in [6.45, 7) is 0. The van der Waals surface area contributed by atoms with Crippen LogP contribution in [0.4, 0.5) is 0 Å². The molecule has 11 heteroatoms. The molecule has 0 aliphatic rings. The summed E-state index contributed by atoms with van der Waals surface area (Å²) in [6.07, 6.45) is 0. The summed E-state index contributed by atoms with van der Waals surface area (Å²) in [6, 6.07) is 87.1. The maximum absolute atomic E-state index is 15.9. The van der Waals surface area contributed by atoms with Gasteiger partial charge in [-0.25, -0.2) is 0 Å². The van der Waals surface area contributed by atoms with Gasteiger partial charge in [-0.2, -0.15) is 0 Å². The van der Waals surface area contributed by atoms with Crippen molar-refractivity contribution in [2.75, 3.05) is 0 Å². The van der Waals surface area contributed by atoms with Gasteiger partial charge in [0, 0.05) is 61.2 Å². The molecule has 71 heavy (non-hydrogen) atoms. The fourth-order valence-electron chi connectivity index (χ4n) is 8.09. The molecule has 10 aromatic rings.